The van der Waals surface area contributed by atoms with Crippen molar-refractivity contribution in [3.8, 4) is 11.4 Å². The van der Waals surface area contributed by atoms with E-state index in [9.17, 15) is 0 Å². The largest absolute Gasteiger partial charge is 0.303 e. The SMILES string of the molecule is CCN(CC)CCSc1ccc(-c2ccccn2)nn1. The molecule has 2 aromatic heterocycles. The molecule has 20 heavy (non-hydrogen) atoms. The van der Waals surface area contributed by atoms with E-state index in [1.54, 1.807) is 18.0 Å². The van der Waals surface area contributed by atoms with E-state index in [0.717, 1.165) is 41.8 Å². The predicted molar refractivity (Wildman–Crippen MR) is 83.8 cm³/mol. The molecule has 0 radical (unpaired) electrons. The Morgan fingerprint density at radius 1 is 1.00 bits per heavy atom. The third kappa shape index (κ3) is 4.28. The maximum absolute atomic E-state index is 4.27. The zero-order chi connectivity index (χ0) is 14.2. The van der Waals surface area contributed by atoms with Gasteiger partial charge in [-0.3, -0.25) is 4.98 Å². The van der Waals surface area contributed by atoms with E-state index in [1.807, 2.05) is 30.3 Å². The van der Waals surface area contributed by atoms with Crippen LogP contribution in [0.25, 0.3) is 11.4 Å². The summed E-state index contributed by atoms with van der Waals surface area (Å²) in [6.07, 6.45) is 1.77. The molecule has 0 saturated heterocycles. The Labute approximate surface area is 124 Å². The van der Waals surface area contributed by atoms with Crippen LogP contribution in [0.15, 0.2) is 41.6 Å². The molecule has 0 spiro atoms. The van der Waals surface area contributed by atoms with E-state index in [0.29, 0.717) is 0 Å². The molecular weight excluding hydrogens is 268 g/mol. The lowest BCUT2D eigenvalue weighted by atomic mass is 10.2. The van der Waals surface area contributed by atoms with Gasteiger partial charge in [0.15, 0.2) is 0 Å². The predicted octanol–water partition coefficient (Wildman–Crippen LogP) is 2.97. The number of hydrogen-bond donors (Lipinski definition) is 0. The van der Waals surface area contributed by atoms with Gasteiger partial charge in [-0.25, -0.2) is 0 Å². The van der Waals surface area contributed by atoms with Gasteiger partial charge in [0.05, 0.1) is 5.69 Å². The molecular formula is C15H20N4S. The quantitative estimate of drug-likeness (QED) is 0.733. The highest BCUT2D eigenvalue weighted by Crippen LogP contribution is 2.18. The summed E-state index contributed by atoms with van der Waals surface area (Å²) in [5.41, 5.74) is 1.68. The monoisotopic (exact) mass is 288 g/mol. The second-order valence-electron chi connectivity index (χ2n) is 4.35. The molecule has 2 heterocycles. The van der Waals surface area contributed by atoms with Crippen LogP contribution in [0.2, 0.25) is 0 Å². The minimum absolute atomic E-state index is 0.818. The maximum atomic E-state index is 4.27. The van der Waals surface area contributed by atoms with Gasteiger partial charge < -0.3 is 4.90 Å². The van der Waals surface area contributed by atoms with Crippen LogP contribution in [-0.2, 0) is 0 Å². The first-order chi connectivity index (χ1) is 9.83. The first-order valence-corrected chi connectivity index (χ1v) is 7.92. The Morgan fingerprint density at radius 3 is 2.45 bits per heavy atom. The summed E-state index contributed by atoms with van der Waals surface area (Å²) >= 11 is 1.75. The van der Waals surface area contributed by atoms with Crippen molar-refractivity contribution in [1.29, 1.82) is 0 Å². The van der Waals surface area contributed by atoms with Gasteiger partial charge >= 0.3 is 0 Å². The molecule has 0 aromatic carbocycles. The molecule has 0 unspecified atom stereocenters. The Bertz CT molecular complexity index is 497. The van der Waals surface area contributed by atoms with Crippen molar-refractivity contribution in [2.24, 2.45) is 0 Å². The molecule has 5 heteroatoms. The number of thioether (sulfide) groups is 1. The highest BCUT2D eigenvalue weighted by atomic mass is 32.2. The van der Waals surface area contributed by atoms with Gasteiger partial charge in [-0.15, -0.1) is 22.0 Å². The molecule has 2 aromatic rings. The van der Waals surface area contributed by atoms with Crippen molar-refractivity contribution in [3.63, 3.8) is 0 Å². The van der Waals surface area contributed by atoms with Gasteiger partial charge in [0.1, 0.15) is 10.7 Å². The average Bonchev–Trinajstić information content (AvgIpc) is 2.53. The Balaban J connectivity index is 1.89. The van der Waals surface area contributed by atoms with Gasteiger partial charge in [-0.1, -0.05) is 19.9 Å². The van der Waals surface area contributed by atoms with Crippen LogP contribution in [0.1, 0.15) is 13.8 Å². The molecule has 106 valence electrons. The van der Waals surface area contributed by atoms with Gasteiger partial charge in [0.2, 0.25) is 0 Å². The number of hydrogen-bond acceptors (Lipinski definition) is 5. The van der Waals surface area contributed by atoms with Crippen molar-refractivity contribution < 1.29 is 0 Å². The van der Waals surface area contributed by atoms with E-state index >= 15 is 0 Å². The second-order valence-corrected chi connectivity index (χ2v) is 5.46. The Hall–Kier alpha value is -1.46. The summed E-state index contributed by atoms with van der Waals surface area (Å²) in [6, 6.07) is 9.79. The fraction of sp³-hybridized carbons (Fsp3) is 0.400. The highest BCUT2D eigenvalue weighted by Gasteiger charge is 2.03. The molecule has 4 nitrogen and oxygen atoms in total. The van der Waals surface area contributed by atoms with Crippen molar-refractivity contribution >= 4 is 11.8 Å². The lowest BCUT2D eigenvalue weighted by molar-refractivity contribution is 0.324. The number of aromatic nitrogens is 3. The molecule has 0 aliphatic rings. The molecule has 0 bridgehead atoms. The molecule has 0 atom stereocenters. The van der Waals surface area contributed by atoms with Gasteiger partial charge in [0, 0.05) is 18.5 Å². The molecule has 0 aliphatic heterocycles. The van der Waals surface area contributed by atoms with Crippen LogP contribution in [0, 0.1) is 0 Å². The summed E-state index contributed by atoms with van der Waals surface area (Å²) in [5.74, 6) is 1.04. The van der Waals surface area contributed by atoms with Crippen LogP contribution in [-0.4, -0.2) is 45.5 Å². The molecule has 2 rings (SSSR count). The number of nitrogens with zero attached hydrogens (tertiary/aromatic N) is 4. The fourth-order valence-corrected chi connectivity index (χ4v) is 2.69. The molecule has 0 aliphatic carbocycles. The van der Waals surface area contributed by atoms with Crippen LogP contribution in [0.4, 0.5) is 0 Å². The third-order valence-electron chi connectivity index (χ3n) is 3.12. The van der Waals surface area contributed by atoms with Crippen LogP contribution in [0.5, 0.6) is 0 Å². The van der Waals surface area contributed by atoms with Crippen molar-refractivity contribution in [3.05, 3.63) is 36.5 Å². The third-order valence-corrected chi connectivity index (χ3v) is 4.02. The summed E-state index contributed by atoms with van der Waals surface area (Å²) in [5, 5.41) is 9.47. The van der Waals surface area contributed by atoms with E-state index in [4.69, 9.17) is 0 Å². The van der Waals surface area contributed by atoms with Crippen molar-refractivity contribution in [2.75, 3.05) is 25.4 Å². The highest BCUT2D eigenvalue weighted by molar-refractivity contribution is 7.99. The molecule has 0 saturated carbocycles. The zero-order valence-corrected chi connectivity index (χ0v) is 12.8. The van der Waals surface area contributed by atoms with Crippen LogP contribution >= 0.6 is 11.8 Å². The van der Waals surface area contributed by atoms with Gasteiger partial charge in [0.25, 0.3) is 0 Å². The summed E-state index contributed by atoms with van der Waals surface area (Å²) in [4.78, 5) is 6.68. The maximum Gasteiger partial charge on any atom is 0.119 e. The van der Waals surface area contributed by atoms with Crippen LogP contribution in [0.3, 0.4) is 0 Å². The average molecular weight is 288 g/mol. The number of rotatable bonds is 7. The van der Waals surface area contributed by atoms with E-state index in [2.05, 4.69) is 33.9 Å². The van der Waals surface area contributed by atoms with E-state index in [1.165, 1.54) is 0 Å². The summed E-state index contributed by atoms with van der Waals surface area (Å²) in [7, 11) is 0. The van der Waals surface area contributed by atoms with E-state index < -0.39 is 0 Å². The molecule has 0 fully saturated rings. The Morgan fingerprint density at radius 2 is 1.85 bits per heavy atom. The normalized spacial score (nSPS) is 10.9. The molecule has 0 amide bonds. The Kier molecular flexibility index (Phi) is 5.95. The number of pyridine rings is 1. The van der Waals surface area contributed by atoms with E-state index in [-0.39, 0.29) is 0 Å². The summed E-state index contributed by atoms with van der Waals surface area (Å²) in [6.45, 7) is 7.66. The zero-order valence-electron chi connectivity index (χ0n) is 12.0. The van der Waals surface area contributed by atoms with Crippen LogP contribution < -0.4 is 0 Å². The first-order valence-electron chi connectivity index (χ1n) is 6.93. The smallest absolute Gasteiger partial charge is 0.119 e. The van der Waals surface area contributed by atoms with Gasteiger partial charge in [-0.2, -0.15) is 0 Å². The minimum atomic E-state index is 0.818. The van der Waals surface area contributed by atoms with Gasteiger partial charge in [-0.05, 0) is 37.4 Å². The van der Waals surface area contributed by atoms with Crippen molar-refractivity contribution in [2.45, 2.75) is 18.9 Å². The summed E-state index contributed by atoms with van der Waals surface area (Å²) < 4.78 is 0. The lowest BCUT2D eigenvalue weighted by Gasteiger charge is -2.16. The second kappa shape index (κ2) is 7.97. The van der Waals surface area contributed by atoms with Crippen molar-refractivity contribution in [1.82, 2.24) is 20.1 Å². The fourth-order valence-electron chi connectivity index (χ4n) is 1.87. The molecule has 0 N–H and O–H groups in total. The lowest BCUT2D eigenvalue weighted by Crippen LogP contribution is -2.25. The standard InChI is InChI=1S/C15H20N4S/c1-3-19(4-2)11-12-20-15-9-8-14(17-18-15)13-7-5-6-10-16-13/h5-10H,3-4,11-12H2,1-2H3. The topological polar surface area (TPSA) is 41.9 Å². The first kappa shape index (κ1) is 14.9. The minimum Gasteiger partial charge on any atom is -0.303 e.